The number of nitrogens with zero attached hydrogens (tertiary/aromatic N) is 3. The zero-order valence-corrected chi connectivity index (χ0v) is 16.6. The van der Waals surface area contributed by atoms with Gasteiger partial charge in [0.25, 0.3) is 0 Å². The van der Waals surface area contributed by atoms with Crippen molar-refractivity contribution in [1.29, 1.82) is 0 Å². The number of anilines is 1. The summed E-state index contributed by atoms with van der Waals surface area (Å²) in [4.78, 5) is 32.9. The van der Waals surface area contributed by atoms with Crippen LogP contribution in [0.5, 0.6) is 0 Å². The quantitative estimate of drug-likeness (QED) is 0.569. The highest BCUT2D eigenvalue weighted by atomic mass is 35.5. The van der Waals surface area contributed by atoms with Gasteiger partial charge in [-0.2, -0.15) is 0 Å². The van der Waals surface area contributed by atoms with Crippen LogP contribution in [0.3, 0.4) is 0 Å². The monoisotopic (exact) mass is 419 g/mol. The van der Waals surface area contributed by atoms with Crippen molar-refractivity contribution in [2.24, 2.45) is 0 Å². The summed E-state index contributed by atoms with van der Waals surface area (Å²) in [6.45, 7) is 2.01. The van der Waals surface area contributed by atoms with E-state index in [4.69, 9.17) is 16.3 Å². The zero-order chi connectivity index (χ0) is 19.9. The van der Waals surface area contributed by atoms with Crippen LogP contribution in [0.2, 0.25) is 5.02 Å². The third kappa shape index (κ3) is 5.38. The summed E-state index contributed by atoms with van der Waals surface area (Å²) in [5, 5.41) is 4.95. The van der Waals surface area contributed by atoms with Crippen LogP contribution in [0.4, 0.5) is 9.93 Å². The summed E-state index contributed by atoms with van der Waals surface area (Å²) in [6.07, 6.45) is 1.02. The maximum atomic E-state index is 11.9. The molecule has 0 atom stereocenters. The summed E-state index contributed by atoms with van der Waals surface area (Å²) in [5.74, 6) is -0.201. The Morgan fingerprint density at radius 1 is 1.25 bits per heavy atom. The number of hydrogen-bond acceptors (Lipinski definition) is 7. The molecule has 146 valence electrons. The van der Waals surface area contributed by atoms with Crippen molar-refractivity contribution in [3.05, 3.63) is 53.2 Å². The number of fused-ring (bicyclic) bond motifs is 1. The molecule has 3 aromatic rings. The van der Waals surface area contributed by atoms with Crippen LogP contribution >= 0.6 is 22.9 Å². The molecule has 0 fully saturated rings. The molecule has 0 spiro atoms. The van der Waals surface area contributed by atoms with Crippen LogP contribution in [-0.4, -0.2) is 40.1 Å². The minimum absolute atomic E-state index is 0.0179. The molecule has 0 bridgehead atoms. The second kappa shape index (κ2) is 9.45. The maximum Gasteiger partial charge on any atom is 0.413 e. The normalized spacial score (nSPS) is 10.6. The summed E-state index contributed by atoms with van der Waals surface area (Å²) >= 11 is 7.36. The van der Waals surface area contributed by atoms with Crippen LogP contribution in [0.25, 0.3) is 10.3 Å². The fraction of sp³-hybridized carbons (Fsp3) is 0.222. The molecular weight excluding hydrogens is 402 g/mol. The van der Waals surface area contributed by atoms with Crippen molar-refractivity contribution in [1.82, 2.24) is 20.4 Å². The molecule has 0 unspecified atom stereocenters. The molecule has 2 heterocycles. The van der Waals surface area contributed by atoms with Crippen molar-refractivity contribution < 1.29 is 14.3 Å². The van der Waals surface area contributed by atoms with E-state index in [1.165, 1.54) is 23.3 Å². The summed E-state index contributed by atoms with van der Waals surface area (Å²) in [7, 11) is 0. The van der Waals surface area contributed by atoms with Gasteiger partial charge in [0.2, 0.25) is 5.91 Å². The number of carbonyl (C=O) groups excluding carboxylic acids is 2. The van der Waals surface area contributed by atoms with Crippen molar-refractivity contribution in [3.8, 4) is 0 Å². The SMILES string of the molecule is CC(=O)N(CCOC(=O)Nc1nc2cccnc2s1)NCc1ccccc1Cl. The van der Waals surface area contributed by atoms with E-state index in [1.54, 1.807) is 18.3 Å². The van der Waals surface area contributed by atoms with E-state index in [2.05, 4.69) is 20.7 Å². The second-order valence-electron chi connectivity index (χ2n) is 5.70. The summed E-state index contributed by atoms with van der Waals surface area (Å²) in [5.41, 5.74) is 4.55. The molecule has 0 radical (unpaired) electrons. The van der Waals surface area contributed by atoms with Gasteiger partial charge in [-0.25, -0.2) is 20.2 Å². The molecule has 0 aliphatic rings. The van der Waals surface area contributed by atoms with Gasteiger partial charge in [0.1, 0.15) is 17.0 Å². The van der Waals surface area contributed by atoms with Crippen LogP contribution in [0.1, 0.15) is 12.5 Å². The Kier molecular flexibility index (Phi) is 6.75. The number of rotatable bonds is 7. The van der Waals surface area contributed by atoms with Gasteiger partial charge in [0, 0.05) is 24.7 Å². The van der Waals surface area contributed by atoms with Gasteiger partial charge in [-0.1, -0.05) is 41.1 Å². The number of carbonyl (C=O) groups is 2. The van der Waals surface area contributed by atoms with Gasteiger partial charge in [-0.05, 0) is 23.8 Å². The molecule has 8 nitrogen and oxygen atoms in total. The number of nitrogens with one attached hydrogen (secondary N) is 2. The highest BCUT2D eigenvalue weighted by molar-refractivity contribution is 7.21. The lowest BCUT2D eigenvalue weighted by molar-refractivity contribution is -0.132. The first-order valence-corrected chi connectivity index (χ1v) is 9.62. The Balaban J connectivity index is 1.46. The van der Waals surface area contributed by atoms with Crippen LogP contribution in [-0.2, 0) is 16.1 Å². The number of hydrazine groups is 1. The van der Waals surface area contributed by atoms with Crippen LogP contribution in [0, 0.1) is 0 Å². The van der Waals surface area contributed by atoms with Gasteiger partial charge in [0.05, 0.1) is 6.54 Å². The number of halogens is 1. The lowest BCUT2D eigenvalue weighted by atomic mass is 10.2. The lowest BCUT2D eigenvalue weighted by Gasteiger charge is -2.22. The first-order chi connectivity index (χ1) is 13.5. The van der Waals surface area contributed by atoms with Crippen LogP contribution in [0.15, 0.2) is 42.6 Å². The minimum Gasteiger partial charge on any atom is -0.447 e. The molecule has 2 N–H and O–H groups in total. The molecule has 0 aliphatic carbocycles. The molecule has 28 heavy (non-hydrogen) atoms. The lowest BCUT2D eigenvalue weighted by Crippen LogP contribution is -2.43. The molecule has 10 heteroatoms. The topological polar surface area (TPSA) is 96.5 Å². The maximum absolute atomic E-state index is 11.9. The smallest absolute Gasteiger partial charge is 0.413 e. The average Bonchev–Trinajstić information content (AvgIpc) is 3.07. The largest absolute Gasteiger partial charge is 0.447 e. The fourth-order valence-corrected chi connectivity index (χ4v) is 3.34. The molecule has 0 saturated carbocycles. The van der Waals surface area contributed by atoms with E-state index in [0.717, 1.165) is 10.4 Å². The van der Waals surface area contributed by atoms with E-state index in [1.807, 2.05) is 24.3 Å². The Bertz CT molecular complexity index is 948. The standard InChI is InChI=1S/C18H18ClN5O3S/c1-12(25)24(21-11-13-5-2-3-6-14(13)19)9-10-27-18(26)23-17-22-15-7-4-8-20-16(15)28-17/h2-8,21H,9-11H2,1H3,(H,22,23,26). The van der Waals surface area contributed by atoms with Crippen LogP contribution < -0.4 is 10.7 Å². The Hall–Kier alpha value is -2.75. The number of thiazole rings is 1. The fourth-order valence-electron chi connectivity index (χ4n) is 2.35. The van der Waals surface area contributed by atoms with E-state index in [0.29, 0.717) is 22.2 Å². The van der Waals surface area contributed by atoms with Crippen molar-refractivity contribution in [2.45, 2.75) is 13.5 Å². The van der Waals surface area contributed by atoms with E-state index < -0.39 is 6.09 Å². The predicted octanol–water partition coefficient (Wildman–Crippen LogP) is 3.45. The van der Waals surface area contributed by atoms with Crippen molar-refractivity contribution in [2.75, 3.05) is 18.5 Å². The minimum atomic E-state index is -0.645. The molecule has 1 aromatic carbocycles. The highest BCUT2D eigenvalue weighted by Gasteiger charge is 2.12. The van der Waals surface area contributed by atoms with Gasteiger partial charge in [0.15, 0.2) is 5.13 Å². The third-order valence-electron chi connectivity index (χ3n) is 3.72. The molecule has 3 rings (SSSR count). The number of ether oxygens (including phenoxy) is 1. The second-order valence-corrected chi connectivity index (χ2v) is 7.09. The molecule has 0 saturated heterocycles. The van der Waals surface area contributed by atoms with Gasteiger partial charge in [-0.3, -0.25) is 15.1 Å². The first-order valence-electron chi connectivity index (χ1n) is 8.43. The summed E-state index contributed by atoms with van der Waals surface area (Å²) in [6, 6.07) is 10.9. The van der Waals surface area contributed by atoms with Gasteiger partial charge >= 0.3 is 6.09 Å². The molecular formula is C18H18ClN5O3S. The molecule has 2 amide bonds. The van der Waals surface area contributed by atoms with E-state index >= 15 is 0 Å². The van der Waals surface area contributed by atoms with Gasteiger partial charge in [-0.15, -0.1) is 0 Å². The average molecular weight is 420 g/mol. The van der Waals surface area contributed by atoms with E-state index in [-0.39, 0.29) is 19.1 Å². The molecule has 2 aromatic heterocycles. The Morgan fingerprint density at radius 2 is 2.07 bits per heavy atom. The van der Waals surface area contributed by atoms with E-state index in [9.17, 15) is 9.59 Å². The van der Waals surface area contributed by atoms with Crippen molar-refractivity contribution >= 4 is 50.4 Å². The van der Waals surface area contributed by atoms with Crippen molar-refractivity contribution in [3.63, 3.8) is 0 Å². The number of aromatic nitrogens is 2. The Morgan fingerprint density at radius 3 is 2.82 bits per heavy atom. The van der Waals surface area contributed by atoms with Gasteiger partial charge < -0.3 is 4.74 Å². The number of pyridine rings is 1. The number of hydrogen-bond donors (Lipinski definition) is 2. The first kappa shape index (κ1) is 20.0. The Labute approximate surface area is 170 Å². The highest BCUT2D eigenvalue weighted by Crippen LogP contribution is 2.23. The third-order valence-corrected chi connectivity index (χ3v) is 4.99. The predicted molar refractivity (Wildman–Crippen MR) is 108 cm³/mol. The molecule has 0 aliphatic heterocycles. The number of benzene rings is 1. The zero-order valence-electron chi connectivity index (χ0n) is 15.0. The number of amides is 2. The summed E-state index contributed by atoms with van der Waals surface area (Å²) < 4.78 is 5.13.